The molecular formula is C18H20N2O8. The van der Waals surface area contributed by atoms with Gasteiger partial charge in [0.1, 0.15) is 17.4 Å². The third-order valence-corrected chi connectivity index (χ3v) is 3.87. The molecule has 10 nitrogen and oxygen atoms in total. The number of rotatable bonds is 5. The van der Waals surface area contributed by atoms with E-state index in [0.29, 0.717) is 17.0 Å². The average Bonchev–Trinajstić information content (AvgIpc) is 2.65. The second-order valence-electron chi connectivity index (χ2n) is 5.73. The first-order valence-corrected chi connectivity index (χ1v) is 8.31. The van der Waals surface area contributed by atoms with Gasteiger partial charge in [-0.15, -0.1) is 0 Å². The van der Waals surface area contributed by atoms with Crippen LogP contribution in [0.25, 0.3) is 0 Å². The van der Waals surface area contributed by atoms with Crippen LogP contribution in [0, 0.1) is 10.1 Å². The van der Waals surface area contributed by atoms with Gasteiger partial charge in [0.2, 0.25) is 0 Å². The van der Waals surface area contributed by atoms with Crippen molar-refractivity contribution in [2.24, 2.45) is 0 Å². The summed E-state index contributed by atoms with van der Waals surface area (Å²) in [5, 5.41) is 14.1. The fraction of sp³-hybridized carbons (Fsp3) is 0.333. The van der Waals surface area contributed by atoms with Gasteiger partial charge in [-0.2, -0.15) is 0 Å². The molecule has 0 aliphatic carbocycles. The lowest BCUT2D eigenvalue weighted by molar-refractivity contribution is -0.384. The third kappa shape index (κ3) is 4.58. The lowest BCUT2D eigenvalue weighted by Crippen LogP contribution is -2.29. The molecule has 1 heterocycles. The first-order chi connectivity index (χ1) is 13.3. The number of ether oxygens (including phenoxy) is 4. The van der Waals surface area contributed by atoms with E-state index in [4.69, 9.17) is 14.2 Å². The predicted molar refractivity (Wildman–Crippen MR) is 96.0 cm³/mol. The number of benzene rings is 1. The molecule has 0 spiro atoms. The fourth-order valence-corrected chi connectivity index (χ4v) is 2.72. The lowest BCUT2D eigenvalue weighted by Gasteiger charge is -2.30. The first-order valence-electron chi connectivity index (χ1n) is 8.31. The summed E-state index contributed by atoms with van der Waals surface area (Å²) in [6, 6.07) is 5.72. The van der Waals surface area contributed by atoms with Gasteiger partial charge in [-0.05, 0) is 26.3 Å². The number of hydrogen-bond acceptors (Lipinski definition) is 9. The molecule has 1 aromatic carbocycles. The highest BCUT2D eigenvalue weighted by atomic mass is 16.7. The molecule has 1 unspecified atom stereocenters. The molecule has 0 aromatic heterocycles. The van der Waals surface area contributed by atoms with E-state index in [1.807, 2.05) is 0 Å². The van der Waals surface area contributed by atoms with Gasteiger partial charge in [0, 0.05) is 12.1 Å². The Labute approximate surface area is 160 Å². The number of nitrogens with one attached hydrogen (secondary N) is 1. The second-order valence-corrected chi connectivity index (χ2v) is 5.73. The van der Waals surface area contributed by atoms with Gasteiger partial charge in [-0.1, -0.05) is 12.1 Å². The summed E-state index contributed by atoms with van der Waals surface area (Å²) >= 11 is 0. The highest BCUT2D eigenvalue weighted by Crippen LogP contribution is 2.40. The van der Waals surface area contributed by atoms with Crippen molar-refractivity contribution in [2.45, 2.75) is 26.7 Å². The fourth-order valence-electron chi connectivity index (χ4n) is 2.72. The molecule has 1 aliphatic heterocycles. The van der Waals surface area contributed by atoms with E-state index in [9.17, 15) is 19.7 Å². The van der Waals surface area contributed by atoms with Crippen molar-refractivity contribution in [3.63, 3.8) is 0 Å². The minimum Gasteiger partial charge on any atom is -0.437 e. The number of nitro groups is 1. The van der Waals surface area contributed by atoms with Gasteiger partial charge in [0.05, 0.1) is 30.0 Å². The summed E-state index contributed by atoms with van der Waals surface area (Å²) in [5.74, 6) is -0.745. The minimum atomic E-state index is -0.985. The minimum absolute atomic E-state index is 0.0808. The van der Waals surface area contributed by atoms with Crippen LogP contribution in [0.2, 0.25) is 0 Å². The number of dihydropyridines is 1. The van der Waals surface area contributed by atoms with Crippen LogP contribution in [0.5, 0.6) is 0 Å². The van der Waals surface area contributed by atoms with E-state index < -0.39 is 23.2 Å². The molecule has 0 radical (unpaired) electrons. The Kier molecular flexibility index (Phi) is 6.59. The maximum atomic E-state index is 11.9. The van der Waals surface area contributed by atoms with E-state index in [2.05, 4.69) is 10.1 Å². The molecular weight excluding hydrogens is 372 g/mol. The molecule has 0 fully saturated rings. The van der Waals surface area contributed by atoms with E-state index >= 15 is 0 Å². The number of nitrogens with zero attached hydrogens (tertiary/aromatic N) is 1. The van der Waals surface area contributed by atoms with E-state index in [0.717, 1.165) is 7.11 Å². The Morgan fingerprint density at radius 2 is 1.75 bits per heavy atom. The van der Waals surface area contributed by atoms with Crippen LogP contribution < -0.4 is 5.32 Å². The Hall–Kier alpha value is -3.56. The topological polar surface area (TPSA) is 126 Å². The number of nitro benzene ring substituents is 1. The molecule has 0 bridgehead atoms. The summed E-state index contributed by atoms with van der Waals surface area (Å²) in [5.41, 5.74) is 1.13. The number of non-ortho nitro benzene ring substituents is 1. The van der Waals surface area contributed by atoms with Gasteiger partial charge in [-0.25, -0.2) is 9.59 Å². The zero-order valence-electron chi connectivity index (χ0n) is 15.8. The quantitative estimate of drug-likeness (QED) is 0.453. The summed E-state index contributed by atoms with van der Waals surface area (Å²) in [4.78, 5) is 34.3. The Balaban J connectivity index is 2.57. The Morgan fingerprint density at radius 3 is 2.29 bits per heavy atom. The van der Waals surface area contributed by atoms with Crippen LogP contribution >= 0.6 is 0 Å². The van der Waals surface area contributed by atoms with Crippen LogP contribution in [-0.2, 0) is 18.9 Å². The maximum Gasteiger partial charge on any atom is 0.513 e. The summed E-state index contributed by atoms with van der Waals surface area (Å²) in [6.07, 6.45) is -1.94. The Morgan fingerprint density at radius 1 is 1.14 bits per heavy atom. The zero-order valence-corrected chi connectivity index (χ0v) is 15.8. The van der Waals surface area contributed by atoms with Gasteiger partial charge in [-0.3, -0.25) is 10.1 Å². The highest BCUT2D eigenvalue weighted by molar-refractivity contribution is 5.65. The average molecular weight is 392 g/mol. The van der Waals surface area contributed by atoms with Crippen LogP contribution in [0.1, 0.15) is 32.3 Å². The number of methoxy groups -OCH3 is 1. The first kappa shape index (κ1) is 20.7. The number of allylic oxidation sites excluding steroid dienone is 2. The third-order valence-electron chi connectivity index (χ3n) is 3.87. The van der Waals surface area contributed by atoms with Crippen molar-refractivity contribution in [3.8, 4) is 0 Å². The highest BCUT2D eigenvalue weighted by Gasteiger charge is 2.36. The van der Waals surface area contributed by atoms with Gasteiger partial charge in [0.25, 0.3) is 5.69 Å². The Bertz CT molecular complexity index is 859. The lowest BCUT2D eigenvalue weighted by atomic mass is 9.90. The van der Waals surface area contributed by atoms with E-state index in [-0.39, 0.29) is 23.8 Å². The monoisotopic (exact) mass is 392 g/mol. The molecule has 0 saturated carbocycles. The van der Waals surface area contributed by atoms with Crippen molar-refractivity contribution in [1.29, 1.82) is 0 Å². The van der Waals surface area contributed by atoms with E-state index in [1.54, 1.807) is 26.8 Å². The van der Waals surface area contributed by atoms with Crippen LogP contribution in [0.3, 0.4) is 0 Å². The van der Waals surface area contributed by atoms with Crippen molar-refractivity contribution in [2.75, 3.05) is 13.7 Å². The molecule has 150 valence electrons. The van der Waals surface area contributed by atoms with Crippen molar-refractivity contribution in [1.82, 2.24) is 5.32 Å². The normalized spacial score (nSPS) is 16.2. The molecule has 0 saturated heterocycles. The molecule has 0 amide bonds. The smallest absolute Gasteiger partial charge is 0.437 e. The molecule has 1 N–H and O–H groups in total. The summed E-state index contributed by atoms with van der Waals surface area (Å²) < 4.78 is 20.0. The maximum absolute atomic E-state index is 11.9. The van der Waals surface area contributed by atoms with Gasteiger partial charge >= 0.3 is 12.3 Å². The van der Waals surface area contributed by atoms with Crippen molar-refractivity contribution < 1.29 is 33.5 Å². The number of hydrogen-bond donors (Lipinski definition) is 1. The SMILES string of the molecule is CCOC(=O)OC1=C(C)NC(C)=C(OC(=O)OC)C1c1cccc([N+](=O)[O-])c1. The molecule has 1 aromatic rings. The van der Waals surface area contributed by atoms with Gasteiger partial charge < -0.3 is 24.3 Å². The van der Waals surface area contributed by atoms with Crippen LogP contribution in [0.15, 0.2) is 47.2 Å². The standard InChI is InChI=1S/C18H20N2O8/c1-5-26-18(22)28-16-11(3)19-10(2)15(27-17(21)25-4)14(16)12-7-6-8-13(9-12)20(23)24/h6-9,14,19H,5H2,1-4H3. The van der Waals surface area contributed by atoms with Crippen LogP contribution in [-0.4, -0.2) is 31.0 Å². The largest absolute Gasteiger partial charge is 0.513 e. The number of carbonyl (C=O) groups excluding carboxylic acids is 2. The zero-order chi connectivity index (χ0) is 20.8. The summed E-state index contributed by atoms with van der Waals surface area (Å²) in [7, 11) is 1.15. The second kappa shape index (κ2) is 8.89. The molecule has 10 heteroatoms. The number of carbonyl (C=O) groups is 2. The van der Waals surface area contributed by atoms with Crippen LogP contribution in [0.4, 0.5) is 15.3 Å². The van der Waals surface area contributed by atoms with Gasteiger partial charge in [0.15, 0.2) is 0 Å². The summed E-state index contributed by atoms with van der Waals surface area (Å²) in [6.45, 7) is 5.01. The van der Waals surface area contributed by atoms with Crippen molar-refractivity contribution >= 4 is 18.0 Å². The van der Waals surface area contributed by atoms with E-state index in [1.165, 1.54) is 18.2 Å². The molecule has 1 atom stereocenters. The molecule has 28 heavy (non-hydrogen) atoms. The predicted octanol–water partition coefficient (Wildman–Crippen LogP) is 3.70. The molecule has 2 rings (SSSR count). The van der Waals surface area contributed by atoms with Crippen molar-refractivity contribution in [3.05, 3.63) is 62.9 Å². The molecule has 1 aliphatic rings.